The molecule has 0 aliphatic heterocycles. The second-order valence-corrected chi connectivity index (χ2v) is 4.05. The van der Waals surface area contributed by atoms with Crippen molar-refractivity contribution >= 4 is 22.8 Å². The molecule has 0 saturated heterocycles. The van der Waals surface area contributed by atoms with Gasteiger partial charge in [0.1, 0.15) is 12.1 Å². The Morgan fingerprint density at radius 1 is 1.56 bits per heavy atom. The number of aryl methyl sites for hydroxylation is 1. The van der Waals surface area contributed by atoms with Crippen LogP contribution < -0.4 is 5.32 Å². The summed E-state index contributed by atoms with van der Waals surface area (Å²) in [7, 11) is 1.80. The fourth-order valence-electron chi connectivity index (χ4n) is 1.73. The second kappa shape index (κ2) is 4.99. The van der Waals surface area contributed by atoms with E-state index < -0.39 is 11.9 Å². The highest BCUT2D eigenvalue weighted by Gasteiger charge is 2.16. The van der Waals surface area contributed by atoms with E-state index in [2.05, 4.69) is 20.4 Å². The molecule has 0 saturated carbocycles. The average Bonchev–Trinajstić information content (AvgIpc) is 2.73. The Bertz CT molecular complexity index is 566. The van der Waals surface area contributed by atoms with Crippen molar-refractivity contribution < 1.29 is 9.90 Å². The Labute approximate surface area is 104 Å². The third-order valence-corrected chi connectivity index (χ3v) is 2.89. The number of hydrogen-bond donors (Lipinski definition) is 2. The maximum absolute atomic E-state index is 10.9. The minimum absolute atomic E-state index is 0.340. The number of fused-ring (bicyclic) bond motifs is 1. The molecule has 0 spiro atoms. The van der Waals surface area contributed by atoms with Crippen molar-refractivity contribution in [2.45, 2.75) is 13.3 Å². The predicted molar refractivity (Wildman–Crippen MR) is 66.2 cm³/mol. The Hall–Kier alpha value is -2.18. The van der Waals surface area contributed by atoms with Gasteiger partial charge in [-0.1, -0.05) is 6.92 Å². The van der Waals surface area contributed by atoms with E-state index in [0.29, 0.717) is 18.8 Å². The molecule has 0 aromatic carbocycles. The van der Waals surface area contributed by atoms with Crippen LogP contribution in [0.25, 0.3) is 11.0 Å². The van der Waals surface area contributed by atoms with Crippen LogP contribution in [0.4, 0.5) is 5.82 Å². The van der Waals surface area contributed by atoms with E-state index in [0.717, 1.165) is 11.0 Å². The molecular formula is C11H15N5O2. The molecule has 2 aromatic rings. The molecule has 0 radical (unpaired) electrons. The van der Waals surface area contributed by atoms with Gasteiger partial charge >= 0.3 is 5.97 Å². The van der Waals surface area contributed by atoms with Crippen molar-refractivity contribution in [3.05, 3.63) is 12.5 Å². The van der Waals surface area contributed by atoms with Crippen LogP contribution in [0.2, 0.25) is 0 Å². The first-order valence-corrected chi connectivity index (χ1v) is 5.72. The van der Waals surface area contributed by atoms with Gasteiger partial charge < -0.3 is 10.4 Å². The maximum atomic E-state index is 10.9. The standard InChI is InChI=1S/C11H15N5O2/c1-3-7(11(17)18)4-12-9-8-5-15-16(2)10(8)14-6-13-9/h5-7H,3-4H2,1-2H3,(H,17,18)(H,12,13,14). The van der Waals surface area contributed by atoms with E-state index in [1.165, 1.54) is 6.33 Å². The highest BCUT2D eigenvalue weighted by Crippen LogP contribution is 2.18. The summed E-state index contributed by atoms with van der Waals surface area (Å²) in [6, 6.07) is 0. The zero-order valence-electron chi connectivity index (χ0n) is 10.3. The van der Waals surface area contributed by atoms with Crippen LogP contribution in [0.3, 0.4) is 0 Å². The van der Waals surface area contributed by atoms with Gasteiger partial charge in [-0.15, -0.1) is 0 Å². The van der Waals surface area contributed by atoms with Crippen LogP contribution in [-0.4, -0.2) is 37.4 Å². The van der Waals surface area contributed by atoms with Crippen molar-refractivity contribution in [2.75, 3.05) is 11.9 Å². The Morgan fingerprint density at radius 3 is 3.00 bits per heavy atom. The topological polar surface area (TPSA) is 92.9 Å². The SMILES string of the molecule is CCC(CNc1ncnc2c1cnn2C)C(=O)O. The number of nitrogens with zero attached hydrogens (tertiary/aromatic N) is 4. The number of carbonyl (C=O) groups is 1. The number of hydrogen-bond acceptors (Lipinski definition) is 5. The van der Waals surface area contributed by atoms with Crippen molar-refractivity contribution in [2.24, 2.45) is 13.0 Å². The normalized spacial score (nSPS) is 12.6. The molecule has 0 aliphatic carbocycles. The number of anilines is 1. The third kappa shape index (κ3) is 2.24. The lowest BCUT2D eigenvalue weighted by Crippen LogP contribution is -2.22. The third-order valence-electron chi connectivity index (χ3n) is 2.89. The molecule has 7 heteroatoms. The van der Waals surface area contributed by atoms with Gasteiger partial charge in [-0.2, -0.15) is 5.10 Å². The predicted octanol–water partition coefficient (Wildman–Crippen LogP) is 0.886. The molecule has 0 aliphatic rings. The van der Waals surface area contributed by atoms with Gasteiger partial charge in [-0.3, -0.25) is 9.48 Å². The molecule has 2 N–H and O–H groups in total. The Morgan fingerprint density at radius 2 is 2.33 bits per heavy atom. The van der Waals surface area contributed by atoms with E-state index in [4.69, 9.17) is 5.11 Å². The number of carboxylic acids is 1. The Balaban J connectivity index is 2.19. The number of rotatable bonds is 5. The van der Waals surface area contributed by atoms with Crippen LogP contribution in [-0.2, 0) is 11.8 Å². The average molecular weight is 249 g/mol. The molecule has 0 fully saturated rings. The van der Waals surface area contributed by atoms with Gasteiger partial charge in [0.2, 0.25) is 0 Å². The van der Waals surface area contributed by atoms with Gasteiger partial charge in [-0.25, -0.2) is 9.97 Å². The number of aliphatic carboxylic acids is 1. The first-order valence-electron chi connectivity index (χ1n) is 5.72. The monoisotopic (exact) mass is 249 g/mol. The lowest BCUT2D eigenvalue weighted by Gasteiger charge is -2.11. The maximum Gasteiger partial charge on any atom is 0.308 e. The first kappa shape index (κ1) is 12.3. The van der Waals surface area contributed by atoms with Crippen LogP contribution in [0.1, 0.15) is 13.3 Å². The van der Waals surface area contributed by atoms with Crippen molar-refractivity contribution in [1.82, 2.24) is 19.7 Å². The number of nitrogens with one attached hydrogen (secondary N) is 1. The molecule has 18 heavy (non-hydrogen) atoms. The quantitative estimate of drug-likeness (QED) is 0.817. The molecule has 1 atom stereocenters. The van der Waals surface area contributed by atoms with Crippen LogP contribution >= 0.6 is 0 Å². The minimum Gasteiger partial charge on any atom is -0.481 e. The molecular weight excluding hydrogens is 234 g/mol. The molecule has 0 amide bonds. The van der Waals surface area contributed by atoms with Crippen molar-refractivity contribution in [1.29, 1.82) is 0 Å². The smallest absolute Gasteiger partial charge is 0.308 e. The summed E-state index contributed by atoms with van der Waals surface area (Å²) in [5.74, 6) is -0.610. The summed E-state index contributed by atoms with van der Waals surface area (Å²) in [4.78, 5) is 19.2. The lowest BCUT2D eigenvalue weighted by atomic mass is 10.1. The zero-order valence-corrected chi connectivity index (χ0v) is 10.3. The van der Waals surface area contributed by atoms with Gasteiger partial charge in [0, 0.05) is 13.6 Å². The molecule has 7 nitrogen and oxygen atoms in total. The summed E-state index contributed by atoms with van der Waals surface area (Å²) in [6.07, 6.45) is 3.68. The largest absolute Gasteiger partial charge is 0.481 e. The fraction of sp³-hybridized carbons (Fsp3) is 0.455. The van der Waals surface area contributed by atoms with Crippen molar-refractivity contribution in [3.8, 4) is 0 Å². The fourth-order valence-corrected chi connectivity index (χ4v) is 1.73. The lowest BCUT2D eigenvalue weighted by molar-refractivity contribution is -0.141. The van der Waals surface area contributed by atoms with Gasteiger partial charge in [0.25, 0.3) is 0 Å². The van der Waals surface area contributed by atoms with E-state index in [-0.39, 0.29) is 0 Å². The van der Waals surface area contributed by atoms with Crippen LogP contribution in [0.5, 0.6) is 0 Å². The van der Waals surface area contributed by atoms with E-state index in [9.17, 15) is 4.79 Å². The van der Waals surface area contributed by atoms with Crippen molar-refractivity contribution in [3.63, 3.8) is 0 Å². The van der Waals surface area contributed by atoms with Gasteiger partial charge in [0.05, 0.1) is 17.5 Å². The summed E-state index contributed by atoms with van der Waals surface area (Å²) in [5, 5.41) is 16.9. The summed E-state index contributed by atoms with van der Waals surface area (Å²) >= 11 is 0. The summed E-state index contributed by atoms with van der Waals surface area (Å²) in [5.41, 5.74) is 0.718. The van der Waals surface area contributed by atoms with Gasteiger partial charge in [0.15, 0.2) is 5.65 Å². The van der Waals surface area contributed by atoms with Gasteiger partial charge in [-0.05, 0) is 6.42 Å². The molecule has 2 rings (SSSR count). The molecule has 2 aromatic heterocycles. The number of aromatic nitrogens is 4. The highest BCUT2D eigenvalue weighted by molar-refractivity contribution is 5.86. The van der Waals surface area contributed by atoms with Crippen LogP contribution in [0, 0.1) is 5.92 Å². The molecule has 96 valence electrons. The van der Waals surface area contributed by atoms with E-state index >= 15 is 0 Å². The van der Waals surface area contributed by atoms with E-state index in [1.807, 2.05) is 6.92 Å². The van der Waals surface area contributed by atoms with Crippen LogP contribution in [0.15, 0.2) is 12.5 Å². The second-order valence-electron chi connectivity index (χ2n) is 4.05. The number of carboxylic acid groups (broad SMARTS) is 1. The summed E-state index contributed by atoms with van der Waals surface area (Å²) in [6.45, 7) is 2.19. The van der Waals surface area contributed by atoms with E-state index in [1.54, 1.807) is 17.9 Å². The minimum atomic E-state index is -0.804. The molecule has 1 unspecified atom stereocenters. The molecule has 2 heterocycles. The first-order chi connectivity index (χ1) is 8.63. The molecule has 0 bridgehead atoms. The zero-order chi connectivity index (χ0) is 13.1. The summed E-state index contributed by atoms with van der Waals surface area (Å²) < 4.78 is 1.65. The Kier molecular flexibility index (Phi) is 3.40. The highest BCUT2D eigenvalue weighted by atomic mass is 16.4.